The van der Waals surface area contributed by atoms with Gasteiger partial charge in [-0.1, -0.05) is 6.07 Å². The number of nitrogens with one attached hydrogen (secondary N) is 2. The van der Waals surface area contributed by atoms with Gasteiger partial charge in [-0.15, -0.1) is 10.2 Å². The van der Waals surface area contributed by atoms with Gasteiger partial charge in [0.2, 0.25) is 21.8 Å². The molecule has 0 saturated heterocycles. The molecule has 0 bridgehead atoms. The van der Waals surface area contributed by atoms with Gasteiger partial charge in [0.25, 0.3) is 0 Å². The van der Waals surface area contributed by atoms with Crippen molar-refractivity contribution < 1.29 is 40.3 Å². The van der Waals surface area contributed by atoms with Gasteiger partial charge in [-0.25, -0.2) is 13.1 Å². The largest absolute Gasteiger partial charge is 0.497 e. The second-order valence-corrected chi connectivity index (χ2v) is 8.54. The molecule has 0 fully saturated rings. The fourth-order valence-electron chi connectivity index (χ4n) is 2.90. The number of methoxy groups -OCH3 is 2. The number of halogens is 3. The molecular formula is C20H19F3N4O6S. The first-order chi connectivity index (χ1) is 15.9. The van der Waals surface area contributed by atoms with Gasteiger partial charge in [0, 0.05) is 30.8 Å². The molecule has 0 radical (unpaired) electrons. The Labute approximate surface area is 192 Å². The summed E-state index contributed by atoms with van der Waals surface area (Å²) in [7, 11) is -1.50. The van der Waals surface area contributed by atoms with Crippen molar-refractivity contribution in [2.24, 2.45) is 0 Å². The van der Waals surface area contributed by atoms with Crippen LogP contribution in [0.25, 0.3) is 11.5 Å². The van der Waals surface area contributed by atoms with Crippen molar-refractivity contribution in [2.75, 3.05) is 19.5 Å². The maximum absolute atomic E-state index is 13.2. The standard InChI is InChI=1S/C20H19F3N4O6S/c1-11(28)25-13-5-7-15(18-26-27-19(33-18)20(21,22)23)17(8-13)34(29,30)24-10-12-4-6-14(31-2)9-16(12)32-3/h4-9,24H,10H2,1-3H3,(H,25,28). The van der Waals surface area contributed by atoms with Crippen molar-refractivity contribution in [3.63, 3.8) is 0 Å². The van der Waals surface area contributed by atoms with E-state index in [9.17, 15) is 26.4 Å². The molecule has 0 aliphatic rings. The second-order valence-electron chi connectivity index (χ2n) is 6.80. The number of carbonyl (C=O) groups excluding carboxylic acids is 1. The highest BCUT2D eigenvalue weighted by molar-refractivity contribution is 7.89. The van der Waals surface area contributed by atoms with Crippen LogP contribution in [0, 0.1) is 0 Å². The summed E-state index contributed by atoms with van der Waals surface area (Å²) >= 11 is 0. The van der Waals surface area contributed by atoms with Crippen LogP contribution in [0.4, 0.5) is 18.9 Å². The molecule has 2 N–H and O–H groups in total. The SMILES string of the molecule is COc1ccc(CNS(=O)(=O)c2cc(NC(C)=O)ccc2-c2nnc(C(F)(F)F)o2)c(OC)c1. The fraction of sp³-hybridized carbons (Fsp3) is 0.250. The van der Waals surface area contributed by atoms with Crippen LogP contribution in [0.3, 0.4) is 0 Å². The molecule has 1 aromatic heterocycles. The van der Waals surface area contributed by atoms with Crippen LogP contribution in [0.5, 0.6) is 11.5 Å². The number of sulfonamides is 1. The van der Waals surface area contributed by atoms with Gasteiger partial charge in [-0.05, 0) is 24.3 Å². The number of rotatable bonds is 8. The highest BCUT2D eigenvalue weighted by Gasteiger charge is 2.38. The molecule has 0 saturated carbocycles. The summed E-state index contributed by atoms with van der Waals surface area (Å²) in [6, 6.07) is 8.26. The molecule has 182 valence electrons. The van der Waals surface area contributed by atoms with Crippen molar-refractivity contribution in [3.8, 4) is 23.0 Å². The molecule has 1 heterocycles. The third-order valence-electron chi connectivity index (χ3n) is 4.44. The number of nitrogens with zero attached hydrogens (tertiary/aromatic N) is 2. The monoisotopic (exact) mass is 500 g/mol. The van der Waals surface area contributed by atoms with Gasteiger partial charge in [0.1, 0.15) is 11.5 Å². The zero-order chi connectivity index (χ0) is 25.1. The Morgan fingerprint density at radius 2 is 1.82 bits per heavy atom. The lowest BCUT2D eigenvalue weighted by atomic mass is 10.2. The van der Waals surface area contributed by atoms with E-state index in [1.54, 1.807) is 18.2 Å². The molecule has 3 aromatic rings. The van der Waals surface area contributed by atoms with Gasteiger partial charge in [0.15, 0.2) is 0 Å². The van der Waals surface area contributed by atoms with Crippen molar-refractivity contribution in [1.82, 2.24) is 14.9 Å². The van der Waals surface area contributed by atoms with E-state index in [1.807, 2.05) is 0 Å². The molecule has 0 aliphatic heterocycles. The molecule has 34 heavy (non-hydrogen) atoms. The first-order valence-corrected chi connectivity index (χ1v) is 11.0. The number of aromatic nitrogens is 2. The van der Waals surface area contributed by atoms with Crippen molar-refractivity contribution in [1.29, 1.82) is 0 Å². The van der Waals surface area contributed by atoms with Crippen LogP contribution >= 0.6 is 0 Å². The predicted molar refractivity (Wildman–Crippen MR) is 113 cm³/mol. The fourth-order valence-corrected chi connectivity index (χ4v) is 4.13. The summed E-state index contributed by atoms with van der Waals surface area (Å²) in [6.07, 6.45) is -4.91. The lowest BCUT2D eigenvalue weighted by Crippen LogP contribution is -2.24. The molecule has 0 aliphatic carbocycles. The second kappa shape index (κ2) is 9.69. The van der Waals surface area contributed by atoms with Gasteiger partial charge in [0.05, 0.1) is 24.7 Å². The number of ether oxygens (including phenoxy) is 2. The summed E-state index contributed by atoms with van der Waals surface area (Å²) in [5.41, 5.74) is 0.268. The molecule has 0 unspecified atom stereocenters. The molecule has 1 amide bonds. The number of anilines is 1. The minimum Gasteiger partial charge on any atom is -0.497 e. The molecule has 10 nitrogen and oxygen atoms in total. The molecule has 0 spiro atoms. The predicted octanol–water partition coefficient (Wildman–Crippen LogP) is 3.21. The molecular weight excluding hydrogens is 481 g/mol. The first-order valence-electron chi connectivity index (χ1n) is 9.48. The maximum atomic E-state index is 13.2. The van der Waals surface area contributed by atoms with E-state index in [0.29, 0.717) is 17.1 Å². The Morgan fingerprint density at radius 1 is 1.09 bits per heavy atom. The number of benzene rings is 2. The van der Waals surface area contributed by atoms with E-state index in [-0.39, 0.29) is 17.8 Å². The van der Waals surface area contributed by atoms with E-state index in [0.717, 1.165) is 12.1 Å². The smallest absolute Gasteiger partial charge is 0.470 e. The highest BCUT2D eigenvalue weighted by atomic mass is 32.2. The van der Waals surface area contributed by atoms with Crippen LogP contribution in [0.1, 0.15) is 18.4 Å². The normalized spacial score (nSPS) is 11.8. The van der Waals surface area contributed by atoms with Gasteiger partial charge >= 0.3 is 12.1 Å². The molecule has 14 heteroatoms. The number of alkyl halides is 3. The van der Waals surface area contributed by atoms with Crippen LogP contribution in [0.15, 0.2) is 45.7 Å². The van der Waals surface area contributed by atoms with E-state index in [2.05, 4.69) is 24.7 Å². The van der Waals surface area contributed by atoms with Crippen molar-refractivity contribution >= 4 is 21.6 Å². The Kier molecular flexibility index (Phi) is 7.12. The molecule has 3 rings (SSSR count). The average molecular weight is 500 g/mol. The van der Waals surface area contributed by atoms with Gasteiger partial charge in [-0.2, -0.15) is 13.2 Å². The number of hydrogen-bond donors (Lipinski definition) is 2. The lowest BCUT2D eigenvalue weighted by molar-refractivity contribution is -0.157. The number of amides is 1. The van der Waals surface area contributed by atoms with Crippen LogP contribution in [-0.2, 0) is 27.5 Å². The third kappa shape index (κ3) is 5.63. The summed E-state index contributed by atoms with van der Waals surface area (Å²) in [5.74, 6) is -1.94. The summed E-state index contributed by atoms with van der Waals surface area (Å²) in [6.45, 7) is 0.987. The topological polar surface area (TPSA) is 133 Å². The Balaban J connectivity index is 2.01. The minimum atomic E-state index is -4.91. The summed E-state index contributed by atoms with van der Waals surface area (Å²) < 4.78 is 82.4. The van der Waals surface area contributed by atoms with Crippen molar-refractivity contribution in [3.05, 3.63) is 47.9 Å². The number of hydrogen-bond acceptors (Lipinski definition) is 8. The van der Waals surface area contributed by atoms with Crippen molar-refractivity contribution in [2.45, 2.75) is 24.5 Å². The quantitative estimate of drug-likeness (QED) is 0.482. The maximum Gasteiger partial charge on any atom is 0.470 e. The Bertz CT molecular complexity index is 1310. The van der Waals surface area contributed by atoms with Crippen LogP contribution in [0.2, 0.25) is 0 Å². The molecule has 2 aromatic carbocycles. The van der Waals surface area contributed by atoms with E-state index in [1.165, 1.54) is 27.2 Å². The highest BCUT2D eigenvalue weighted by Crippen LogP contribution is 2.34. The summed E-state index contributed by atoms with van der Waals surface area (Å²) in [5, 5.41) is 8.69. The zero-order valence-corrected chi connectivity index (χ0v) is 18.9. The summed E-state index contributed by atoms with van der Waals surface area (Å²) in [4.78, 5) is 10.9. The average Bonchev–Trinajstić information content (AvgIpc) is 3.28. The van der Waals surface area contributed by atoms with Crippen LogP contribution in [-0.4, -0.2) is 38.7 Å². The molecule has 0 atom stereocenters. The zero-order valence-electron chi connectivity index (χ0n) is 18.1. The van der Waals surface area contributed by atoms with Crippen LogP contribution < -0.4 is 19.5 Å². The number of carbonyl (C=O) groups is 1. The van der Waals surface area contributed by atoms with Gasteiger partial charge in [-0.3, -0.25) is 4.79 Å². The van der Waals surface area contributed by atoms with Gasteiger partial charge < -0.3 is 19.2 Å². The third-order valence-corrected chi connectivity index (χ3v) is 5.88. The Hall–Kier alpha value is -3.65. The Morgan fingerprint density at radius 3 is 2.41 bits per heavy atom. The van der Waals surface area contributed by atoms with E-state index in [4.69, 9.17) is 9.47 Å². The first kappa shape index (κ1) is 25.0. The van der Waals surface area contributed by atoms with E-state index < -0.39 is 38.8 Å². The minimum absolute atomic E-state index is 0.0919. The lowest BCUT2D eigenvalue weighted by Gasteiger charge is -2.14. The van der Waals surface area contributed by atoms with E-state index >= 15 is 0 Å².